The predicted molar refractivity (Wildman–Crippen MR) is 125 cm³/mol. The molecule has 1 aromatic carbocycles. The van der Waals surface area contributed by atoms with Crippen LogP contribution in [0.3, 0.4) is 0 Å². The van der Waals surface area contributed by atoms with Crippen molar-refractivity contribution in [2.24, 2.45) is 0 Å². The van der Waals surface area contributed by atoms with Crippen LogP contribution >= 0.6 is 0 Å². The largest absolute Gasteiger partial charge is 0.457 e. The van der Waals surface area contributed by atoms with Gasteiger partial charge in [0.05, 0.1) is 0 Å². The zero-order chi connectivity index (χ0) is 22.5. The number of imide groups is 1. The Kier molecular flexibility index (Phi) is 6.92. The molecule has 2 aromatic rings. The van der Waals surface area contributed by atoms with Crippen LogP contribution in [0.2, 0.25) is 0 Å². The van der Waals surface area contributed by atoms with E-state index in [1.54, 1.807) is 12.3 Å². The average molecular weight is 438 g/mol. The monoisotopic (exact) mass is 437 g/mol. The van der Waals surface area contributed by atoms with Gasteiger partial charge >= 0.3 is 6.03 Å². The molecule has 0 radical (unpaired) electrons. The van der Waals surface area contributed by atoms with Crippen LogP contribution in [-0.4, -0.2) is 84.4 Å². The van der Waals surface area contributed by atoms with Crippen molar-refractivity contribution in [2.45, 2.75) is 12.8 Å². The number of nitrogens with zero attached hydrogens (tertiary/aromatic N) is 4. The minimum atomic E-state index is -0.267. The molecule has 170 valence electrons. The number of unbranched alkanes of at least 4 members (excludes halogenated alkanes) is 1. The molecule has 0 unspecified atom stereocenters. The van der Waals surface area contributed by atoms with Gasteiger partial charge in [-0.1, -0.05) is 0 Å². The van der Waals surface area contributed by atoms with Gasteiger partial charge < -0.3 is 20.0 Å². The maximum atomic E-state index is 12.6. The Morgan fingerprint density at radius 2 is 1.69 bits per heavy atom. The number of amides is 3. The van der Waals surface area contributed by atoms with Gasteiger partial charge in [-0.25, -0.2) is 4.79 Å². The molecule has 0 bridgehead atoms. The van der Waals surface area contributed by atoms with E-state index in [0.717, 1.165) is 56.9 Å². The Morgan fingerprint density at radius 1 is 0.969 bits per heavy atom. The third kappa shape index (κ3) is 5.38. The Hall–Kier alpha value is -3.10. The highest BCUT2D eigenvalue weighted by atomic mass is 16.3. The predicted octanol–water partition coefficient (Wildman–Crippen LogP) is 2.79. The number of urea groups is 1. The molecule has 3 amide bonds. The first-order valence-corrected chi connectivity index (χ1v) is 11.2. The summed E-state index contributed by atoms with van der Waals surface area (Å²) in [6.45, 7) is 5.93. The van der Waals surface area contributed by atoms with E-state index in [9.17, 15) is 9.59 Å². The quantitative estimate of drug-likeness (QED) is 0.388. The van der Waals surface area contributed by atoms with Gasteiger partial charge in [0.25, 0.3) is 5.91 Å². The van der Waals surface area contributed by atoms with Crippen molar-refractivity contribution in [3.63, 3.8) is 0 Å². The van der Waals surface area contributed by atoms with E-state index in [0.29, 0.717) is 18.0 Å². The number of nitrogens with two attached hydrogens (primary N) is 1. The van der Waals surface area contributed by atoms with Gasteiger partial charge in [-0.05, 0) is 68.9 Å². The number of nitrogen functional groups attached to an aromatic ring is 1. The molecule has 0 aliphatic carbocycles. The lowest BCUT2D eigenvalue weighted by molar-refractivity contribution is -0.125. The van der Waals surface area contributed by atoms with Crippen molar-refractivity contribution in [1.82, 2.24) is 19.6 Å². The summed E-state index contributed by atoms with van der Waals surface area (Å²) in [5, 5.41) is 0. The number of hydrogen-bond acceptors (Lipinski definition) is 6. The van der Waals surface area contributed by atoms with Crippen molar-refractivity contribution < 1.29 is 14.0 Å². The number of furan rings is 1. The summed E-state index contributed by atoms with van der Waals surface area (Å²) in [7, 11) is 2.15. The molecule has 1 aromatic heterocycles. The Bertz CT molecular complexity index is 960. The molecule has 3 heterocycles. The van der Waals surface area contributed by atoms with Crippen molar-refractivity contribution in [3.05, 3.63) is 48.4 Å². The van der Waals surface area contributed by atoms with E-state index in [2.05, 4.69) is 16.8 Å². The van der Waals surface area contributed by atoms with E-state index < -0.39 is 0 Å². The van der Waals surface area contributed by atoms with Gasteiger partial charge in [0.2, 0.25) is 0 Å². The number of carbonyl (C=O) groups is 2. The number of hydrogen-bond donors (Lipinski definition) is 1. The second kappa shape index (κ2) is 10.0. The summed E-state index contributed by atoms with van der Waals surface area (Å²) < 4.78 is 5.83. The van der Waals surface area contributed by atoms with Crippen LogP contribution in [0.5, 0.6) is 0 Å². The van der Waals surface area contributed by atoms with Crippen LogP contribution < -0.4 is 5.73 Å². The normalized spacial score (nSPS) is 18.4. The number of benzene rings is 1. The van der Waals surface area contributed by atoms with Gasteiger partial charge in [-0.2, -0.15) is 0 Å². The second-order valence-corrected chi connectivity index (χ2v) is 8.45. The summed E-state index contributed by atoms with van der Waals surface area (Å²) in [6, 6.07) is 10.9. The van der Waals surface area contributed by atoms with Crippen molar-refractivity contribution in [3.8, 4) is 11.3 Å². The van der Waals surface area contributed by atoms with E-state index in [-0.39, 0.29) is 18.5 Å². The number of anilines is 1. The lowest BCUT2D eigenvalue weighted by Crippen LogP contribution is -2.44. The lowest BCUT2D eigenvalue weighted by Gasteiger charge is -2.32. The first-order chi connectivity index (χ1) is 15.5. The minimum Gasteiger partial charge on any atom is -0.457 e. The first kappa shape index (κ1) is 22.1. The third-order valence-electron chi connectivity index (χ3n) is 6.03. The second-order valence-electron chi connectivity index (χ2n) is 8.45. The maximum Gasteiger partial charge on any atom is 0.331 e. The highest BCUT2D eigenvalue weighted by Gasteiger charge is 2.34. The van der Waals surface area contributed by atoms with E-state index in [4.69, 9.17) is 10.2 Å². The summed E-state index contributed by atoms with van der Waals surface area (Å²) in [5.74, 6) is 1.18. The highest BCUT2D eigenvalue weighted by molar-refractivity contribution is 6.02. The van der Waals surface area contributed by atoms with Gasteiger partial charge in [0.15, 0.2) is 0 Å². The Labute approximate surface area is 188 Å². The van der Waals surface area contributed by atoms with E-state index in [1.807, 2.05) is 36.4 Å². The maximum absolute atomic E-state index is 12.6. The molecule has 2 N–H and O–H groups in total. The highest BCUT2D eigenvalue weighted by Crippen LogP contribution is 2.24. The number of likely N-dealkylation sites (N-methyl/N-ethyl adjacent to an activating group) is 1. The summed E-state index contributed by atoms with van der Waals surface area (Å²) in [6.07, 6.45) is 5.14. The fraction of sp³-hybridized carbons (Fsp3) is 0.417. The molecule has 0 atom stereocenters. The van der Waals surface area contributed by atoms with Gasteiger partial charge in [-0.3, -0.25) is 14.6 Å². The SMILES string of the molecule is CN1CCN(CCCCN2C(=O)CN(/C=C/c3ccc(-c4ccc(N)cc4)o3)C2=O)CC1. The number of piperazine rings is 1. The molecule has 8 heteroatoms. The van der Waals surface area contributed by atoms with Crippen molar-refractivity contribution in [1.29, 1.82) is 0 Å². The van der Waals surface area contributed by atoms with Crippen LogP contribution in [0.1, 0.15) is 18.6 Å². The summed E-state index contributed by atoms with van der Waals surface area (Å²) in [4.78, 5) is 32.6. The van der Waals surface area contributed by atoms with Crippen LogP contribution in [0.4, 0.5) is 10.5 Å². The van der Waals surface area contributed by atoms with Crippen LogP contribution in [-0.2, 0) is 4.79 Å². The molecule has 32 heavy (non-hydrogen) atoms. The van der Waals surface area contributed by atoms with Gasteiger partial charge in [-0.15, -0.1) is 0 Å². The van der Waals surface area contributed by atoms with Gasteiger partial charge in [0.1, 0.15) is 18.1 Å². The topological polar surface area (TPSA) is 86.3 Å². The summed E-state index contributed by atoms with van der Waals surface area (Å²) in [5.41, 5.74) is 7.35. The molecule has 8 nitrogen and oxygen atoms in total. The standard InChI is InChI=1S/C24H31N5O3/c1-26-14-16-27(17-15-26)11-2-3-12-29-23(30)18-28(24(29)31)13-10-21-8-9-22(32-21)19-4-6-20(25)7-5-19/h4-10,13H,2-3,11-12,14-18,25H2,1H3/b13-10+. The first-order valence-electron chi connectivity index (χ1n) is 11.2. The van der Waals surface area contributed by atoms with Crippen LogP contribution in [0.25, 0.3) is 17.4 Å². The van der Waals surface area contributed by atoms with Crippen LogP contribution in [0.15, 0.2) is 47.0 Å². The molecule has 2 aliphatic heterocycles. The molecule has 2 saturated heterocycles. The zero-order valence-corrected chi connectivity index (χ0v) is 18.6. The number of rotatable bonds is 8. The summed E-state index contributed by atoms with van der Waals surface area (Å²) >= 11 is 0. The molecule has 0 saturated carbocycles. The van der Waals surface area contributed by atoms with Gasteiger partial charge in [0, 0.05) is 50.2 Å². The Balaban J connectivity index is 1.25. The molecule has 4 rings (SSSR count). The third-order valence-corrected chi connectivity index (χ3v) is 6.03. The number of carbonyl (C=O) groups excluding carboxylic acids is 2. The Morgan fingerprint density at radius 3 is 2.44 bits per heavy atom. The average Bonchev–Trinajstić information content (AvgIpc) is 3.36. The fourth-order valence-corrected chi connectivity index (χ4v) is 3.98. The van der Waals surface area contributed by atoms with E-state index in [1.165, 1.54) is 9.80 Å². The molecular formula is C24H31N5O3. The molecule has 0 spiro atoms. The van der Waals surface area contributed by atoms with Crippen LogP contribution in [0, 0.1) is 0 Å². The zero-order valence-electron chi connectivity index (χ0n) is 18.6. The van der Waals surface area contributed by atoms with Crippen molar-refractivity contribution in [2.75, 3.05) is 58.6 Å². The molecular weight excluding hydrogens is 406 g/mol. The minimum absolute atomic E-state index is 0.0688. The fourth-order valence-electron chi connectivity index (χ4n) is 3.98. The van der Waals surface area contributed by atoms with E-state index >= 15 is 0 Å². The molecule has 2 aliphatic rings. The lowest BCUT2D eigenvalue weighted by atomic mass is 10.1. The smallest absolute Gasteiger partial charge is 0.331 e. The van der Waals surface area contributed by atoms with Crippen molar-refractivity contribution >= 4 is 23.7 Å². The molecule has 2 fully saturated rings.